The van der Waals surface area contributed by atoms with Gasteiger partial charge in [0.05, 0.1) is 0 Å². The Kier molecular flexibility index (Phi) is 4.15. The van der Waals surface area contributed by atoms with E-state index < -0.39 is 0 Å². The van der Waals surface area contributed by atoms with Crippen molar-refractivity contribution < 1.29 is 0 Å². The first-order valence-corrected chi connectivity index (χ1v) is 6.36. The van der Waals surface area contributed by atoms with Gasteiger partial charge in [-0.1, -0.05) is 0 Å². The van der Waals surface area contributed by atoms with Crippen LogP contribution in [0.3, 0.4) is 0 Å². The average molecular weight is 262 g/mol. The Morgan fingerprint density at radius 1 is 1.17 bits per heavy atom. The van der Waals surface area contributed by atoms with Gasteiger partial charge in [0.1, 0.15) is 5.82 Å². The van der Waals surface area contributed by atoms with Crippen LogP contribution in [0, 0.1) is 6.92 Å². The SMILES string of the molecule is Cc1cc(CCl)cc(N(C)Cc2ccncc2)n1. The number of hydrogen-bond acceptors (Lipinski definition) is 3. The van der Waals surface area contributed by atoms with Crippen molar-refractivity contribution in [3.05, 3.63) is 53.5 Å². The van der Waals surface area contributed by atoms with Gasteiger partial charge in [0, 0.05) is 37.6 Å². The summed E-state index contributed by atoms with van der Waals surface area (Å²) in [5.41, 5.74) is 3.30. The Labute approximate surface area is 112 Å². The third-order valence-corrected chi connectivity index (χ3v) is 3.02. The van der Waals surface area contributed by atoms with E-state index in [-0.39, 0.29) is 0 Å². The Morgan fingerprint density at radius 3 is 2.56 bits per heavy atom. The molecule has 0 aliphatic heterocycles. The van der Waals surface area contributed by atoms with Crippen LogP contribution < -0.4 is 4.90 Å². The summed E-state index contributed by atoms with van der Waals surface area (Å²) >= 11 is 5.88. The summed E-state index contributed by atoms with van der Waals surface area (Å²) in [5.74, 6) is 1.46. The molecule has 0 amide bonds. The highest BCUT2D eigenvalue weighted by atomic mass is 35.5. The maximum atomic E-state index is 5.88. The molecule has 94 valence electrons. The van der Waals surface area contributed by atoms with Crippen LogP contribution in [-0.4, -0.2) is 17.0 Å². The zero-order valence-electron chi connectivity index (χ0n) is 10.6. The topological polar surface area (TPSA) is 29.0 Å². The third-order valence-electron chi connectivity index (χ3n) is 2.71. The van der Waals surface area contributed by atoms with Gasteiger partial charge < -0.3 is 4.90 Å². The largest absolute Gasteiger partial charge is 0.355 e. The standard InChI is InChI=1S/C14H16ClN3/c1-11-7-13(9-15)8-14(17-11)18(2)10-12-3-5-16-6-4-12/h3-8H,9-10H2,1-2H3. The first-order chi connectivity index (χ1) is 8.69. The molecule has 0 saturated carbocycles. The van der Waals surface area contributed by atoms with Crippen LogP contribution in [0.1, 0.15) is 16.8 Å². The van der Waals surface area contributed by atoms with Crippen LogP contribution in [-0.2, 0) is 12.4 Å². The number of nitrogens with zero attached hydrogens (tertiary/aromatic N) is 3. The molecular weight excluding hydrogens is 246 g/mol. The summed E-state index contributed by atoms with van der Waals surface area (Å²) < 4.78 is 0. The van der Waals surface area contributed by atoms with Crippen LogP contribution in [0.5, 0.6) is 0 Å². The van der Waals surface area contributed by atoms with E-state index >= 15 is 0 Å². The number of halogens is 1. The molecule has 2 rings (SSSR count). The number of hydrogen-bond donors (Lipinski definition) is 0. The Bertz CT molecular complexity index is 514. The lowest BCUT2D eigenvalue weighted by Gasteiger charge is -2.19. The second-order valence-corrected chi connectivity index (χ2v) is 4.59. The monoisotopic (exact) mass is 261 g/mol. The van der Waals surface area contributed by atoms with E-state index in [0.717, 1.165) is 23.6 Å². The van der Waals surface area contributed by atoms with Crippen molar-refractivity contribution in [3.8, 4) is 0 Å². The zero-order chi connectivity index (χ0) is 13.0. The van der Waals surface area contributed by atoms with Crippen molar-refractivity contribution in [2.45, 2.75) is 19.3 Å². The number of alkyl halides is 1. The number of pyridine rings is 2. The minimum Gasteiger partial charge on any atom is -0.355 e. The van der Waals surface area contributed by atoms with Gasteiger partial charge >= 0.3 is 0 Å². The number of aromatic nitrogens is 2. The van der Waals surface area contributed by atoms with E-state index in [2.05, 4.69) is 14.9 Å². The van der Waals surface area contributed by atoms with Crippen molar-refractivity contribution in [2.75, 3.05) is 11.9 Å². The highest BCUT2D eigenvalue weighted by molar-refractivity contribution is 6.17. The molecule has 0 aliphatic carbocycles. The van der Waals surface area contributed by atoms with E-state index in [9.17, 15) is 0 Å². The molecule has 3 nitrogen and oxygen atoms in total. The van der Waals surface area contributed by atoms with Crippen molar-refractivity contribution in [1.82, 2.24) is 9.97 Å². The molecule has 18 heavy (non-hydrogen) atoms. The molecule has 2 aromatic heterocycles. The van der Waals surface area contributed by atoms with E-state index in [1.54, 1.807) is 12.4 Å². The number of rotatable bonds is 4. The van der Waals surface area contributed by atoms with Crippen LogP contribution >= 0.6 is 11.6 Å². The minimum atomic E-state index is 0.513. The molecule has 0 N–H and O–H groups in total. The van der Waals surface area contributed by atoms with Crippen molar-refractivity contribution in [3.63, 3.8) is 0 Å². The summed E-state index contributed by atoms with van der Waals surface area (Å²) in [6, 6.07) is 8.06. The molecule has 0 radical (unpaired) electrons. The molecular formula is C14H16ClN3. The predicted octanol–water partition coefficient (Wildman–Crippen LogP) is 3.16. The summed E-state index contributed by atoms with van der Waals surface area (Å²) in [5, 5.41) is 0. The molecule has 0 fully saturated rings. The summed E-state index contributed by atoms with van der Waals surface area (Å²) in [4.78, 5) is 10.7. The first kappa shape index (κ1) is 12.8. The second kappa shape index (κ2) is 5.83. The van der Waals surface area contributed by atoms with E-state index in [4.69, 9.17) is 11.6 Å². The van der Waals surface area contributed by atoms with Crippen LogP contribution in [0.4, 0.5) is 5.82 Å². The molecule has 2 aromatic rings. The molecule has 0 spiro atoms. The van der Waals surface area contributed by atoms with Crippen molar-refractivity contribution in [1.29, 1.82) is 0 Å². The molecule has 0 aliphatic rings. The fourth-order valence-electron chi connectivity index (χ4n) is 1.84. The first-order valence-electron chi connectivity index (χ1n) is 5.82. The van der Waals surface area contributed by atoms with Gasteiger partial charge in [0.15, 0.2) is 0 Å². The van der Waals surface area contributed by atoms with Crippen LogP contribution in [0.2, 0.25) is 0 Å². The molecule has 0 atom stereocenters. The van der Waals surface area contributed by atoms with Gasteiger partial charge in [-0.2, -0.15) is 0 Å². The smallest absolute Gasteiger partial charge is 0.129 e. The van der Waals surface area contributed by atoms with E-state index in [0.29, 0.717) is 5.88 Å². The van der Waals surface area contributed by atoms with Crippen LogP contribution in [0.15, 0.2) is 36.7 Å². The minimum absolute atomic E-state index is 0.513. The lowest BCUT2D eigenvalue weighted by Crippen LogP contribution is -2.18. The molecule has 0 bridgehead atoms. The van der Waals surface area contributed by atoms with Crippen molar-refractivity contribution in [2.24, 2.45) is 0 Å². The third kappa shape index (κ3) is 3.20. The van der Waals surface area contributed by atoms with Gasteiger partial charge in [0.25, 0.3) is 0 Å². The van der Waals surface area contributed by atoms with Gasteiger partial charge in [-0.3, -0.25) is 4.98 Å². The molecule has 0 unspecified atom stereocenters. The van der Waals surface area contributed by atoms with Gasteiger partial charge in [-0.25, -0.2) is 4.98 Å². The maximum absolute atomic E-state index is 5.88. The zero-order valence-corrected chi connectivity index (χ0v) is 11.4. The Balaban J connectivity index is 2.18. The van der Waals surface area contributed by atoms with E-state index in [1.165, 1.54) is 5.56 Å². The molecule has 2 heterocycles. The second-order valence-electron chi connectivity index (χ2n) is 4.32. The summed E-state index contributed by atoms with van der Waals surface area (Å²) in [6.07, 6.45) is 3.61. The Hall–Kier alpha value is -1.61. The normalized spacial score (nSPS) is 10.4. The highest BCUT2D eigenvalue weighted by Crippen LogP contribution is 2.17. The fraction of sp³-hybridized carbons (Fsp3) is 0.286. The number of anilines is 1. The lowest BCUT2D eigenvalue weighted by atomic mass is 10.2. The van der Waals surface area contributed by atoms with Gasteiger partial charge in [-0.05, 0) is 42.3 Å². The van der Waals surface area contributed by atoms with Gasteiger partial charge in [0.2, 0.25) is 0 Å². The van der Waals surface area contributed by atoms with E-state index in [1.807, 2.05) is 38.2 Å². The highest BCUT2D eigenvalue weighted by Gasteiger charge is 2.06. The molecule has 4 heteroatoms. The summed E-state index contributed by atoms with van der Waals surface area (Å²) in [6.45, 7) is 2.79. The fourth-order valence-corrected chi connectivity index (χ4v) is 1.99. The summed E-state index contributed by atoms with van der Waals surface area (Å²) in [7, 11) is 2.03. The quantitative estimate of drug-likeness (QED) is 0.792. The van der Waals surface area contributed by atoms with Crippen LogP contribution in [0.25, 0.3) is 0 Å². The lowest BCUT2D eigenvalue weighted by molar-refractivity contribution is 0.887. The molecule has 0 saturated heterocycles. The number of aryl methyl sites for hydroxylation is 1. The van der Waals surface area contributed by atoms with Gasteiger partial charge in [-0.15, -0.1) is 11.6 Å². The average Bonchev–Trinajstić information content (AvgIpc) is 2.39. The molecule has 0 aromatic carbocycles. The van der Waals surface area contributed by atoms with Crippen molar-refractivity contribution >= 4 is 17.4 Å². The Morgan fingerprint density at radius 2 is 1.89 bits per heavy atom. The predicted molar refractivity (Wildman–Crippen MR) is 74.9 cm³/mol. The maximum Gasteiger partial charge on any atom is 0.129 e.